The van der Waals surface area contributed by atoms with Crippen molar-refractivity contribution in [3.63, 3.8) is 0 Å². The summed E-state index contributed by atoms with van der Waals surface area (Å²) in [4.78, 5) is 0. The highest BCUT2D eigenvalue weighted by Gasteiger charge is 2.37. The summed E-state index contributed by atoms with van der Waals surface area (Å²) in [5.41, 5.74) is 0. The molecule has 0 bridgehead atoms. The van der Waals surface area contributed by atoms with Gasteiger partial charge in [0.25, 0.3) is 0 Å². The van der Waals surface area contributed by atoms with Crippen LogP contribution in [0.15, 0.2) is 0 Å². The Kier molecular flexibility index (Phi) is 5.96. The number of rotatable bonds is 6. The second-order valence-electron chi connectivity index (χ2n) is 4.21. The normalized spacial score (nSPS) is 20.5. The molecule has 0 saturated heterocycles. The van der Waals surface area contributed by atoms with Crippen LogP contribution in [0.1, 0.15) is 40.5 Å². The first kappa shape index (κ1) is 14.2. The molecule has 0 saturated carbocycles. The quantitative estimate of drug-likeness (QED) is 0.679. The standard InChI is InChI=1S/C10H23O3P/c1-5-9(11)14(13,7-8(3)4)10(12)6-2/h8-12H,5-7H2,1-4H3. The van der Waals surface area contributed by atoms with Gasteiger partial charge in [-0.25, -0.2) is 0 Å². The lowest BCUT2D eigenvalue weighted by molar-refractivity contribution is 0.202. The molecule has 0 aliphatic carbocycles. The maximum Gasteiger partial charge on any atom is 0.142 e. The first-order valence-corrected chi connectivity index (χ1v) is 7.36. The van der Waals surface area contributed by atoms with E-state index in [2.05, 4.69) is 0 Å². The van der Waals surface area contributed by atoms with Gasteiger partial charge in [0, 0.05) is 6.16 Å². The summed E-state index contributed by atoms with van der Waals surface area (Å²) >= 11 is 0. The minimum absolute atomic E-state index is 0.239. The van der Waals surface area contributed by atoms with E-state index < -0.39 is 18.8 Å². The van der Waals surface area contributed by atoms with Crippen LogP contribution in [0, 0.1) is 5.92 Å². The largest absolute Gasteiger partial charge is 0.385 e. The molecule has 0 aliphatic heterocycles. The lowest BCUT2D eigenvalue weighted by Crippen LogP contribution is -2.21. The zero-order valence-electron chi connectivity index (χ0n) is 9.60. The maximum absolute atomic E-state index is 12.4. The SMILES string of the molecule is CCC(O)P(=O)(CC(C)C)C(O)CC. The van der Waals surface area contributed by atoms with Crippen molar-refractivity contribution in [1.82, 2.24) is 0 Å². The van der Waals surface area contributed by atoms with E-state index in [4.69, 9.17) is 0 Å². The zero-order chi connectivity index (χ0) is 11.4. The Morgan fingerprint density at radius 1 is 1.07 bits per heavy atom. The lowest BCUT2D eigenvalue weighted by Gasteiger charge is -2.28. The topological polar surface area (TPSA) is 57.5 Å². The van der Waals surface area contributed by atoms with Gasteiger partial charge in [0.2, 0.25) is 0 Å². The Morgan fingerprint density at radius 2 is 1.43 bits per heavy atom. The average molecular weight is 222 g/mol. The molecule has 0 heterocycles. The minimum atomic E-state index is -2.85. The molecule has 3 nitrogen and oxygen atoms in total. The third-order valence-corrected chi connectivity index (χ3v) is 6.44. The average Bonchev–Trinajstić information content (AvgIpc) is 2.13. The second kappa shape index (κ2) is 5.89. The molecule has 14 heavy (non-hydrogen) atoms. The fourth-order valence-electron chi connectivity index (χ4n) is 1.63. The summed E-state index contributed by atoms with van der Waals surface area (Å²) in [5, 5.41) is 19.4. The van der Waals surface area contributed by atoms with Gasteiger partial charge in [-0.05, 0) is 18.8 Å². The fourth-order valence-corrected chi connectivity index (χ4v) is 4.89. The molecule has 0 aliphatic rings. The van der Waals surface area contributed by atoms with Crippen molar-refractivity contribution < 1.29 is 14.8 Å². The van der Waals surface area contributed by atoms with Gasteiger partial charge in [0.15, 0.2) is 0 Å². The van der Waals surface area contributed by atoms with Gasteiger partial charge in [-0.1, -0.05) is 27.7 Å². The number of hydrogen-bond acceptors (Lipinski definition) is 3. The minimum Gasteiger partial charge on any atom is -0.385 e. The van der Waals surface area contributed by atoms with Crippen molar-refractivity contribution in [3.05, 3.63) is 0 Å². The lowest BCUT2D eigenvalue weighted by atomic mass is 10.3. The van der Waals surface area contributed by atoms with Crippen LogP contribution in [0.5, 0.6) is 0 Å². The van der Waals surface area contributed by atoms with Crippen LogP contribution in [0.2, 0.25) is 0 Å². The Labute approximate surface area is 86.9 Å². The summed E-state index contributed by atoms with van der Waals surface area (Å²) in [6.07, 6.45) is 1.32. The summed E-state index contributed by atoms with van der Waals surface area (Å²) in [6.45, 7) is 7.49. The number of aliphatic hydroxyl groups excluding tert-OH is 2. The molecule has 0 spiro atoms. The molecule has 0 fully saturated rings. The number of aliphatic hydroxyl groups is 2. The van der Waals surface area contributed by atoms with E-state index in [1.807, 2.05) is 13.8 Å². The van der Waals surface area contributed by atoms with Crippen LogP contribution in [-0.4, -0.2) is 28.1 Å². The molecule has 2 unspecified atom stereocenters. The second-order valence-corrected chi connectivity index (χ2v) is 7.47. The smallest absolute Gasteiger partial charge is 0.142 e. The molecule has 2 atom stereocenters. The van der Waals surface area contributed by atoms with Crippen LogP contribution in [0.4, 0.5) is 0 Å². The van der Waals surface area contributed by atoms with Crippen LogP contribution in [-0.2, 0) is 4.57 Å². The van der Waals surface area contributed by atoms with E-state index in [-0.39, 0.29) is 5.92 Å². The molecule has 2 N–H and O–H groups in total. The maximum atomic E-state index is 12.4. The molecule has 0 aromatic carbocycles. The van der Waals surface area contributed by atoms with Gasteiger partial charge in [-0.15, -0.1) is 0 Å². The van der Waals surface area contributed by atoms with Crippen molar-refractivity contribution in [3.8, 4) is 0 Å². The summed E-state index contributed by atoms with van der Waals surface area (Å²) in [5.74, 6) is -1.46. The van der Waals surface area contributed by atoms with Gasteiger partial charge in [-0.2, -0.15) is 0 Å². The molecule has 0 rings (SSSR count). The molecule has 0 radical (unpaired) electrons. The number of hydrogen-bond donors (Lipinski definition) is 2. The summed E-state index contributed by atoms with van der Waals surface area (Å²) < 4.78 is 12.4. The van der Waals surface area contributed by atoms with Crippen LogP contribution >= 0.6 is 7.14 Å². The first-order valence-electron chi connectivity index (χ1n) is 5.33. The molecule has 0 aromatic heterocycles. The molecular weight excluding hydrogens is 199 g/mol. The molecule has 0 amide bonds. The van der Waals surface area contributed by atoms with E-state index >= 15 is 0 Å². The zero-order valence-corrected chi connectivity index (χ0v) is 10.5. The van der Waals surface area contributed by atoms with E-state index in [9.17, 15) is 14.8 Å². The van der Waals surface area contributed by atoms with Crippen molar-refractivity contribution in [2.75, 3.05) is 6.16 Å². The van der Waals surface area contributed by atoms with Crippen molar-refractivity contribution in [2.45, 2.75) is 52.2 Å². The molecular formula is C10H23O3P. The van der Waals surface area contributed by atoms with Gasteiger partial charge in [0.05, 0.1) is 0 Å². The van der Waals surface area contributed by atoms with Crippen LogP contribution in [0.25, 0.3) is 0 Å². The van der Waals surface area contributed by atoms with E-state index in [0.717, 1.165) is 0 Å². The van der Waals surface area contributed by atoms with Gasteiger partial charge in [0.1, 0.15) is 18.8 Å². The highest BCUT2D eigenvalue weighted by atomic mass is 31.2. The third kappa shape index (κ3) is 3.38. The Bertz CT molecular complexity index is 190. The summed E-state index contributed by atoms with van der Waals surface area (Å²) in [6, 6.07) is 0. The van der Waals surface area contributed by atoms with Gasteiger partial charge >= 0.3 is 0 Å². The highest BCUT2D eigenvalue weighted by Crippen LogP contribution is 2.56. The van der Waals surface area contributed by atoms with Crippen LogP contribution in [0.3, 0.4) is 0 Å². The Morgan fingerprint density at radius 3 is 1.64 bits per heavy atom. The van der Waals surface area contributed by atoms with E-state index in [0.29, 0.717) is 19.0 Å². The van der Waals surface area contributed by atoms with E-state index in [1.54, 1.807) is 13.8 Å². The predicted octanol–water partition coefficient (Wildman–Crippen LogP) is 2.46. The van der Waals surface area contributed by atoms with Crippen LogP contribution < -0.4 is 0 Å². The Hall–Kier alpha value is 0.150. The van der Waals surface area contributed by atoms with Gasteiger partial charge < -0.3 is 14.8 Å². The molecule has 0 aromatic rings. The van der Waals surface area contributed by atoms with E-state index in [1.165, 1.54) is 0 Å². The Balaban J connectivity index is 4.75. The first-order chi connectivity index (χ1) is 6.38. The monoisotopic (exact) mass is 222 g/mol. The molecule has 4 heteroatoms. The summed E-state index contributed by atoms with van der Waals surface area (Å²) in [7, 11) is -2.85. The molecule has 86 valence electrons. The van der Waals surface area contributed by atoms with Crippen molar-refractivity contribution >= 4 is 7.14 Å². The van der Waals surface area contributed by atoms with Gasteiger partial charge in [-0.3, -0.25) is 0 Å². The fraction of sp³-hybridized carbons (Fsp3) is 1.00. The highest BCUT2D eigenvalue weighted by molar-refractivity contribution is 7.64. The van der Waals surface area contributed by atoms with Crippen molar-refractivity contribution in [2.24, 2.45) is 5.92 Å². The third-order valence-electron chi connectivity index (χ3n) is 2.39. The predicted molar refractivity (Wildman–Crippen MR) is 59.9 cm³/mol. The van der Waals surface area contributed by atoms with Crippen molar-refractivity contribution in [1.29, 1.82) is 0 Å².